The molecule has 1 amide bonds. The minimum atomic E-state index is -0.0707. The summed E-state index contributed by atoms with van der Waals surface area (Å²) in [6.45, 7) is 3.50. The molecule has 1 heterocycles. The number of hydrogen-bond donors (Lipinski definition) is 2. The molecule has 21 heavy (non-hydrogen) atoms. The molecule has 0 saturated carbocycles. The van der Waals surface area contributed by atoms with E-state index >= 15 is 0 Å². The highest BCUT2D eigenvalue weighted by Crippen LogP contribution is 2.05. The number of aromatic nitrogens is 1. The first-order valence-electron chi connectivity index (χ1n) is 7.31. The van der Waals surface area contributed by atoms with E-state index in [0.29, 0.717) is 12.1 Å². The highest BCUT2D eigenvalue weighted by Gasteiger charge is 2.05. The Labute approximate surface area is 125 Å². The van der Waals surface area contributed by atoms with Crippen molar-refractivity contribution < 1.29 is 4.79 Å². The molecule has 0 aliphatic rings. The highest BCUT2D eigenvalue weighted by atomic mass is 16.1. The average Bonchev–Trinajstić information content (AvgIpc) is 2.53. The quantitative estimate of drug-likeness (QED) is 0.768. The van der Waals surface area contributed by atoms with E-state index in [-0.39, 0.29) is 5.91 Å². The van der Waals surface area contributed by atoms with Crippen molar-refractivity contribution in [3.8, 4) is 0 Å². The van der Waals surface area contributed by atoms with Gasteiger partial charge in [-0.1, -0.05) is 30.3 Å². The molecule has 4 heteroatoms. The van der Waals surface area contributed by atoms with Gasteiger partial charge in [0.2, 0.25) is 0 Å². The lowest BCUT2D eigenvalue weighted by molar-refractivity contribution is 0.0953. The Kier molecular flexibility index (Phi) is 5.76. The molecule has 0 saturated heterocycles. The van der Waals surface area contributed by atoms with Crippen molar-refractivity contribution >= 4 is 11.7 Å². The fourth-order valence-electron chi connectivity index (χ4n) is 2.06. The summed E-state index contributed by atoms with van der Waals surface area (Å²) < 4.78 is 0. The number of anilines is 1. The van der Waals surface area contributed by atoms with Crippen molar-refractivity contribution in [2.45, 2.75) is 19.8 Å². The van der Waals surface area contributed by atoms with Crippen LogP contribution in [0, 0.1) is 0 Å². The maximum atomic E-state index is 12.0. The number of carbonyl (C=O) groups is 1. The molecule has 0 bridgehead atoms. The second-order valence-electron chi connectivity index (χ2n) is 4.81. The van der Waals surface area contributed by atoms with Crippen molar-refractivity contribution in [1.29, 1.82) is 0 Å². The smallest absolute Gasteiger partial charge is 0.252 e. The summed E-state index contributed by atoms with van der Waals surface area (Å²) in [7, 11) is 0. The molecular formula is C17H21N3O. The lowest BCUT2D eigenvalue weighted by Crippen LogP contribution is -2.24. The third-order valence-corrected chi connectivity index (χ3v) is 3.15. The Hall–Kier alpha value is -2.36. The fraction of sp³-hybridized carbons (Fsp3) is 0.294. The molecule has 1 aromatic heterocycles. The predicted molar refractivity (Wildman–Crippen MR) is 85.5 cm³/mol. The van der Waals surface area contributed by atoms with Gasteiger partial charge in [-0.05, 0) is 37.5 Å². The van der Waals surface area contributed by atoms with Crippen molar-refractivity contribution in [2.24, 2.45) is 0 Å². The first kappa shape index (κ1) is 15.0. The standard InChI is InChI=1S/C17H21N3O/c1-2-18-16-11-10-15(13-20-16)17(21)19-12-6-9-14-7-4-3-5-8-14/h3-5,7-8,10-11,13H,2,6,9,12H2,1H3,(H,18,20)(H,19,21). The van der Waals surface area contributed by atoms with E-state index in [2.05, 4.69) is 27.8 Å². The summed E-state index contributed by atoms with van der Waals surface area (Å²) in [5.74, 6) is 0.719. The minimum absolute atomic E-state index is 0.0707. The summed E-state index contributed by atoms with van der Waals surface area (Å²) >= 11 is 0. The van der Waals surface area contributed by atoms with Gasteiger partial charge in [0.1, 0.15) is 5.82 Å². The van der Waals surface area contributed by atoms with Crippen LogP contribution in [0.1, 0.15) is 29.3 Å². The number of benzene rings is 1. The van der Waals surface area contributed by atoms with Crippen LogP contribution in [0.2, 0.25) is 0 Å². The number of amides is 1. The van der Waals surface area contributed by atoms with E-state index in [9.17, 15) is 4.79 Å². The Morgan fingerprint density at radius 3 is 2.62 bits per heavy atom. The number of pyridine rings is 1. The van der Waals surface area contributed by atoms with Gasteiger partial charge in [-0.25, -0.2) is 4.98 Å². The second kappa shape index (κ2) is 8.04. The number of nitrogens with zero attached hydrogens (tertiary/aromatic N) is 1. The molecule has 1 aromatic carbocycles. The van der Waals surface area contributed by atoms with Crippen LogP contribution < -0.4 is 10.6 Å². The summed E-state index contributed by atoms with van der Waals surface area (Å²) in [6.07, 6.45) is 3.50. The largest absolute Gasteiger partial charge is 0.370 e. The molecule has 0 fully saturated rings. The molecule has 0 aliphatic carbocycles. The molecule has 2 rings (SSSR count). The third kappa shape index (κ3) is 4.91. The van der Waals surface area contributed by atoms with Crippen LogP contribution in [0.5, 0.6) is 0 Å². The van der Waals surface area contributed by atoms with Crippen LogP contribution in [0.25, 0.3) is 0 Å². The molecule has 0 unspecified atom stereocenters. The van der Waals surface area contributed by atoms with E-state index in [1.807, 2.05) is 31.2 Å². The summed E-state index contributed by atoms with van der Waals surface area (Å²) in [5.41, 5.74) is 1.89. The van der Waals surface area contributed by atoms with Crippen molar-refractivity contribution in [2.75, 3.05) is 18.4 Å². The van der Waals surface area contributed by atoms with E-state index in [1.54, 1.807) is 12.3 Å². The SMILES string of the molecule is CCNc1ccc(C(=O)NCCCc2ccccc2)cn1. The van der Waals surface area contributed by atoms with E-state index in [0.717, 1.165) is 25.2 Å². The van der Waals surface area contributed by atoms with Gasteiger partial charge in [0.25, 0.3) is 5.91 Å². The second-order valence-corrected chi connectivity index (χ2v) is 4.81. The maximum absolute atomic E-state index is 12.0. The van der Waals surface area contributed by atoms with E-state index in [4.69, 9.17) is 0 Å². The van der Waals surface area contributed by atoms with Crippen LogP contribution >= 0.6 is 0 Å². The van der Waals surface area contributed by atoms with Crippen molar-refractivity contribution in [1.82, 2.24) is 10.3 Å². The Morgan fingerprint density at radius 1 is 1.14 bits per heavy atom. The topological polar surface area (TPSA) is 54.0 Å². The molecule has 0 radical (unpaired) electrons. The van der Waals surface area contributed by atoms with Crippen LogP contribution in [0.4, 0.5) is 5.82 Å². The van der Waals surface area contributed by atoms with Gasteiger partial charge in [-0.3, -0.25) is 4.79 Å². The normalized spacial score (nSPS) is 10.1. The van der Waals surface area contributed by atoms with Gasteiger partial charge in [0, 0.05) is 19.3 Å². The molecule has 2 N–H and O–H groups in total. The van der Waals surface area contributed by atoms with Gasteiger partial charge in [0.05, 0.1) is 5.56 Å². The highest BCUT2D eigenvalue weighted by molar-refractivity contribution is 5.94. The van der Waals surface area contributed by atoms with Gasteiger partial charge in [-0.2, -0.15) is 0 Å². The molecule has 0 spiro atoms. The number of rotatable bonds is 7. The molecule has 110 valence electrons. The number of carbonyl (C=O) groups excluding carboxylic acids is 1. The van der Waals surface area contributed by atoms with Gasteiger partial charge in [-0.15, -0.1) is 0 Å². The average molecular weight is 283 g/mol. The van der Waals surface area contributed by atoms with Crippen LogP contribution in [-0.2, 0) is 6.42 Å². The van der Waals surface area contributed by atoms with Crippen molar-refractivity contribution in [3.05, 3.63) is 59.8 Å². The van der Waals surface area contributed by atoms with Gasteiger partial charge < -0.3 is 10.6 Å². The summed E-state index contributed by atoms with van der Waals surface area (Å²) in [5, 5.41) is 6.02. The lowest BCUT2D eigenvalue weighted by atomic mass is 10.1. The Morgan fingerprint density at radius 2 is 1.95 bits per heavy atom. The van der Waals surface area contributed by atoms with Crippen LogP contribution in [0.3, 0.4) is 0 Å². The molecule has 0 atom stereocenters. The first-order chi connectivity index (χ1) is 10.3. The summed E-state index contributed by atoms with van der Waals surface area (Å²) in [6, 6.07) is 13.9. The van der Waals surface area contributed by atoms with Crippen molar-refractivity contribution in [3.63, 3.8) is 0 Å². The van der Waals surface area contributed by atoms with Gasteiger partial charge >= 0.3 is 0 Å². The predicted octanol–water partition coefficient (Wildman–Crippen LogP) is 2.88. The number of nitrogens with one attached hydrogen (secondary N) is 2. The maximum Gasteiger partial charge on any atom is 0.252 e. The fourth-order valence-corrected chi connectivity index (χ4v) is 2.06. The molecule has 4 nitrogen and oxygen atoms in total. The van der Waals surface area contributed by atoms with E-state index < -0.39 is 0 Å². The third-order valence-electron chi connectivity index (χ3n) is 3.15. The minimum Gasteiger partial charge on any atom is -0.370 e. The Balaban J connectivity index is 1.74. The van der Waals surface area contributed by atoms with Crippen LogP contribution in [-0.4, -0.2) is 24.0 Å². The van der Waals surface area contributed by atoms with Gasteiger partial charge in [0.15, 0.2) is 0 Å². The number of aryl methyl sites for hydroxylation is 1. The summed E-state index contributed by atoms with van der Waals surface area (Å²) in [4.78, 5) is 16.1. The zero-order valence-corrected chi connectivity index (χ0v) is 12.3. The number of hydrogen-bond acceptors (Lipinski definition) is 3. The molecule has 0 aliphatic heterocycles. The monoisotopic (exact) mass is 283 g/mol. The lowest BCUT2D eigenvalue weighted by Gasteiger charge is -2.06. The van der Waals surface area contributed by atoms with E-state index in [1.165, 1.54) is 5.56 Å². The molecular weight excluding hydrogens is 262 g/mol. The Bertz CT molecular complexity index is 552. The first-order valence-corrected chi connectivity index (χ1v) is 7.31. The van der Waals surface area contributed by atoms with Crippen LogP contribution in [0.15, 0.2) is 48.7 Å². The molecule has 2 aromatic rings. The zero-order valence-electron chi connectivity index (χ0n) is 12.3. The zero-order chi connectivity index (χ0) is 14.9.